The van der Waals surface area contributed by atoms with Crippen LogP contribution in [0.25, 0.3) is 0 Å². The predicted molar refractivity (Wildman–Crippen MR) is 67.3 cm³/mol. The van der Waals surface area contributed by atoms with Gasteiger partial charge in [0.2, 0.25) is 5.91 Å². The number of rotatable bonds is 7. The van der Waals surface area contributed by atoms with E-state index in [1.54, 1.807) is 0 Å². The smallest absolute Gasteiger partial charge is 0.226 e. The fraction of sp³-hybridized carbons (Fsp3) is 0.923. The molecule has 1 N–H and O–H groups in total. The third-order valence-electron chi connectivity index (χ3n) is 3.18. The number of carbonyl (C=O) groups is 1. The lowest BCUT2D eigenvalue weighted by atomic mass is 10.1. The summed E-state index contributed by atoms with van der Waals surface area (Å²) in [7, 11) is 0. The molecule has 0 spiro atoms. The van der Waals surface area contributed by atoms with Gasteiger partial charge >= 0.3 is 0 Å². The van der Waals surface area contributed by atoms with E-state index in [0.717, 1.165) is 25.6 Å². The number of hydrogen-bond donors (Lipinski definition) is 1. The van der Waals surface area contributed by atoms with Gasteiger partial charge in [-0.2, -0.15) is 0 Å². The van der Waals surface area contributed by atoms with E-state index >= 15 is 0 Å². The van der Waals surface area contributed by atoms with Gasteiger partial charge in [-0.1, -0.05) is 13.8 Å². The highest BCUT2D eigenvalue weighted by Gasteiger charge is 2.29. The van der Waals surface area contributed by atoms with Gasteiger partial charge in [-0.15, -0.1) is 0 Å². The Labute approximate surface area is 99.6 Å². The standard InChI is InChI=1S/C13H26N2O/c1-5-14-8-11(4)13(16)15(10(2)3)9-12-6-7-12/h10-12,14H,5-9H2,1-4H3. The van der Waals surface area contributed by atoms with Crippen molar-refractivity contribution >= 4 is 5.91 Å². The predicted octanol–water partition coefficient (Wildman–Crippen LogP) is 1.88. The topological polar surface area (TPSA) is 32.3 Å². The second-order valence-electron chi connectivity index (χ2n) is 5.24. The molecule has 3 heteroatoms. The van der Waals surface area contributed by atoms with Crippen molar-refractivity contribution in [2.24, 2.45) is 11.8 Å². The molecule has 1 aliphatic carbocycles. The molecule has 0 bridgehead atoms. The lowest BCUT2D eigenvalue weighted by Gasteiger charge is -2.29. The van der Waals surface area contributed by atoms with Crippen LogP contribution in [0.3, 0.4) is 0 Å². The Morgan fingerprint density at radius 1 is 1.38 bits per heavy atom. The highest BCUT2D eigenvalue weighted by atomic mass is 16.2. The number of carbonyl (C=O) groups excluding carboxylic acids is 1. The first-order valence-electron chi connectivity index (χ1n) is 6.57. The van der Waals surface area contributed by atoms with Gasteiger partial charge in [-0.05, 0) is 39.2 Å². The van der Waals surface area contributed by atoms with Crippen molar-refractivity contribution in [2.45, 2.75) is 46.6 Å². The molecule has 0 saturated heterocycles. The molecule has 0 aliphatic heterocycles. The monoisotopic (exact) mass is 226 g/mol. The average molecular weight is 226 g/mol. The van der Waals surface area contributed by atoms with E-state index in [9.17, 15) is 4.79 Å². The Bertz CT molecular complexity index is 224. The van der Waals surface area contributed by atoms with Crippen LogP contribution in [0.2, 0.25) is 0 Å². The molecular formula is C13H26N2O. The van der Waals surface area contributed by atoms with Crippen LogP contribution in [-0.4, -0.2) is 36.5 Å². The summed E-state index contributed by atoms with van der Waals surface area (Å²) in [5.74, 6) is 1.18. The van der Waals surface area contributed by atoms with E-state index in [4.69, 9.17) is 0 Å². The molecule has 1 unspecified atom stereocenters. The summed E-state index contributed by atoms with van der Waals surface area (Å²) in [6, 6.07) is 0.331. The van der Waals surface area contributed by atoms with Crippen LogP contribution in [0.4, 0.5) is 0 Å². The fourth-order valence-electron chi connectivity index (χ4n) is 1.87. The maximum atomic E-state index is 12.2. The van der Waals surface area contributed by atoms with Gasteiger partial charge in [0, 0.05) is 25.0 Å². The Kier molecular flexibility index (Phi) is 5.26. The molecule has 1 aliphatic rings. The van der Waals surface area contributed by atoms with E-state index < -0.39 is 0 Å². The van der Waals surface area contributed by atoms with Crippen molar-refractivity contribution < 1.29 is 4.79 Å². The van der Waals surface area contributed by atoms with E-state index in [-0.39, 0.29) is 5.92 Å². The molecule has 3 nitrogen and oxygen atoms in total. The van der Waals surface area contributed by atoms with Crippen molar-refractivity contribution in [3.05, 3.63) is 0 Å². The molecule has 0 heterocycles. The van der Waals surface area contributed by atoms with Crippen LogP contribution in [0, 0.1) is 11.8 Å². The van der Waals surface area contributed by atoms with E-state index in [1.165, 1.54) is 12.8 Å². The average Bonchev–Trinajstić information content (AvgIpc) is 3.04. The molecule has 1 fully saturated rings. The first kappa shape index (κ1) is 13.5. The number of nitrogens with one attached hydrogen (secondary N) is 1. The Balaban J connectivity index is 2.44. The Hall–Kier alpha value is -0.570. The summed E-state index contributed by atoms with van der Waals surface area (Å²) in [4.78, 5) is 14.3. The van der Waals surface area contributed by atoms with Crippen LogP contribution in [0.1, 0.15) is 40.5 Å². The number of hydrogen-bond acceptors (Lipinski definition) is 2. The summed E-state index contributed by atoms with van der Waals surface area (Å²) >= 11 is 0. The lowest BCUT2D eigenvalue weighted by molar-refractivity contribution is -0.136. The highest BCUT2D eigenvalue weighted by molar-refractivity contribution is 5.79. The zero-order valence-corrected chi connectivity index (χ0v) is 11.1. The molecule has 0 aromatic carbocycles. The van der Waals surface area contributed by atoms with Gasteiger partial charge in [-0.25, -0.2) is 0 Å². The van der Waals surface area contributed by atoms with Crippen LogP contribution in [0.5, 0.6) is 0 Å². The number of amides is 1. The van der Waals surface area contributed by atoms with Crippen molar-refractivity contribution in [1.29, 1.82) is 0 Å². The first-order chi connectivity index (χ1) is 7.56. The van der Waals surface area contributed by atoms with E-state index in [2.05, 4.69) is 31.0 Å². The second-order valence-corrected chi connectivity index (χ2v) is 5.24. The Morgan fingerprint density at radius 2 is 2.00 bits per heavy atom. The van der Waals surface area contributed by atoms with Gasteiger partial charge in [-0.3, -0.25) is 4.79 Å². The van der Waals surface area contributed by atoms with Gasteiger partial charge in [0.15, 0.2) is 0 Å². The molecular weight excluding hydrogens is 200 g/mol. The van der Waals surface area contributed by atoms with Crippen LogP contribution in [-0.2, 0) is 4.79 Å². The fourth-order valence-corrected chi connectivity index (χ4v) is 1.87. The molecule has 1 rings (SSSR count). The minimum atomic E-state index is 0.0982. The molecule has 0 aromatic rings. The highest BCUT2D eigenvalue weighted by Crippen LogP contribution is 2.30. The second kappa shape index (κ2) is 6.24. The van der Waals surface area contributed by atoms with Gasteiger partial charge in [0.05, 0.1) is 0 Å². The maximum absolute atomic E-state index is 12.2. The Morgan fingerprint density at radius 3 is 2.44 bits per heavy atom. The van der Waals surface area contributed by atoms with Crippen molar-refractivity contribution in [3.63, 3.8) is 0 Å². The summed E-state index contributed by atoms with van der Waals surface area (Å²) in [5, 5.41) is 3.24. The summed E-state index contributed by atoms with van der Waals surface area (Å²) in [6.45, 7) is 11.0. The molecule has 1 amide bonds. The molecule has 1 atom stereocenters. The summed E-state index contributed by atoms with van der Waals surface area (Å²) in [5.41, 5.74) is 0. The molecule has 1 saturated carbocycles. The quantitative estimate of drug-likeness (QED) is 0.719. The molecule has 16 heavy (non-hydrogen) atoms. The maximum Gasteiger partial charge on any atom is 0.226 e. The molecule has 0 radical (unpaired) electrons. The zero-order valence-electron chi connectivity index (χ0n) is 11.1. The van der Waals surface area contributed by atoms with Crippen molar-refractivity contribution in [3.8, 4) is 0 Å². The SMILES string of the molecule is CCNCC(C)C(=O)N(CC1CC1)C(C)C. The largest absolute Gasteiger partial charge is 0.340 e. The number of nitrogens with zero attached hydrogens (tertiary/aromatic N) is 1. The van der Waals surface area contributed by atoms with E-state index in [0.29, 0.717) is 11.9 Å². The van der Waals surface area contributed by atoms with Crippen molar-refractivity contribution in [2.75, 3.05) is 19.6 Å². The molecule has 94 valence electrons. The van der Waals surface area contributed by atoms with Crippen LogP contribution < -0.4 is 5.32 Å². The van der Waals surface area contributed by atoms with Gasteiger partial charge < -0.3 is 10.2 Å². The third-order valence-corrected chi connectivity index (χ3v) is 3.18. The zero-order chi connectivity index (χ0) is 12.1. The lowest BCUT2D eigenvalue weighted by Crippen LogP contribution is -2.44. The summed E-state index contributed by atoms with van der Waals surface area (Å²) in [6.07, 6.45) is 2.61. The third kappa shape index (κ3) is 4.12. The normalized spacial score (nSPS) is 17.6. The van der Waals surface area contributed by atoms with Gasteiger partial charge in [0.1, 0.15) is 0 Å². The minimum absolute atomic E-state index is 0.0982. The van der Waals surface area contributed by atoms with Gasteiger partial charge in [0.25, 0.3) is 0 Å². The van der Waals surface area contributed by atoms with E-state index in [1.807, 2.05) is 6.92 Å². The van der Waals surface area contributed by atoms with Crippen LogP contribution in [0.15, 0.2) is 0 Å². The minimum Gasteiger partial charge on any atom is -0.340 e. The van der Waals surface area contributed by atoms with Crippen LogP contribution >= 0.6 is 0 Å². The first-order valence-corrected chi connectivity index (χ1v) is 6.57. The van der Waals surface area contributed by atoms with Crippen molar-refractivity contribution in [1.82, 2.24) is 10.2 Å². The summed E-state index contributed by atoms with van der Waals surface area (Å²) < 4.78 is 0. The molecule has 0 aromatic heterocycles.